The molecule has 1 N–H and O–H groups in total. The molecule has 4 nitrogen and oxygen atoms in total. The molecule has 16 heavy (non-hydrogen) atoms. The molecule has 2 rings (SSSR count). The van der Waals surface area contributed by atoms with Crippen molar-refractivity contribution in [1.29, 1.82) is 5.26 Å². The van der Waals surface area contributed by atoms with Gasteiger partial charge in [0, 0.05) is 12.4 Å². The van der Waals surface area contributed by atoms with Crippen molar-refractivity contribution in [3.05, 3.63) is 54.1 Å². The van der Waals surface area contributed by atoms with Crippen LogP contribution in [0.1, 0.15) is 17.5 Å². The molecule has 2 aromatic rings. The van der Waals surface area contributed by atoms with E-state index in [1.807, 2.05) is 36.4 Å². The molecule has 0 spiro atoms. The first-order chi connectivity index (χ1) is 7.81. The maximum absolute atomic E-state index is 9.95. The minimum atomic E-state index is -0.623. The lowest BCUT2D eigenvalue weighted by molar-refractivity contribution is 0.156. The highest BCUT2D eigenvalue weighted by molar-refractivity contribution is 5.18. The summed E-state index contributed by atoms with van der Waals surface area (Å²) in [6.45, 7) is 0.340. The fraction of sp³-hybridized carbons (Fsp3) is 0.167. The summed E-state index contributed by atoms with van der Waals surface area (Å²) in [5.41, 5.74) is 0.833. The van der Waals surface area contributed by atoms with E-state index in [-0.39, 0.29) is 0 Å². The molecule has 0 radical (unpaired) electrons. The Bertz CT molecular complexity index is 498. The Labute approximate surface area is 93.4 Å². The lowest BCUT2D eigenvalue weighted by Crippen LogP contribution is -2.09. The quantitative estimate of drug-likeness (QED) is 0.840. The molecule has 1 aromatic heterocycles. The van der Waals surface area contributed by atoms with Gasteiger partial charge < -0.3 is 9.67 Å². The van der Waals surface area contributed by atoms with E-state index in [9.17, 15) is 5.11 Å². The van der Waals surface area contributed by atoms with Gasteiger partial charge in [-0.25, -0.2) is 4.98 Å². The summed E-state index contributed by atoms with van der Waals surface area (Å²) in [6, 6.07) is 11.3. The van der Waals surface area contributed by atoms with Gasteiger partial charge in [-0.05, 0) is 5.56 Å². The molecule has 80 valence electrons. The third-order valence-corrected chi connectivity index (χ3v) is 2.37. The van der Waals surface area contributed by atoms with Crippen molar-refractivity contribution < 1.29 is 5.11 Å². The number of aliphatic hydroxyl groups excluding tert-OH is 1. The van der Waals surface area contributed by atoms with Gasteiger partial charge in [0.25, 0.3) is 0 Å². The third-order valence-electron chi connectivity index (χ3n) is 2.37. The smallest absolute Gasteiger partial charge is 0.212 e. The first kappa shape index (κ1) is 10.4. The molecule has 0 aliphatic carbocycles. The van der Waals surface area contributed by atoms with Crippen molar-refractivity contribution >= 4 is 0 Å². The number of nitriles is 1. The van der Waals surface area contributed by atoms with Crippen LogP contribution in [0.25, 0.3) is 0 Å². The van der Waals surface area contributed by atoms with Crippen LogP contribution in [0.4, 0.5) is 0 Å². The van der Waals surface area contributed by atoms with Gasteiger partial charge in [-0.15, -0.1) is 0 Å². The molecule has 0 amide bonds. The van der Waals surface area contributed by atoms with Crippen LogP contribution in [0, 0.1) is 11.3 Å². The standard InChI is InChI=1S/C12H11N3O/c13-8-12-14-6-7-15(12)9-11(16)10-4-2-1-3-5-10/h1-7,11,16H,9H2. The van der Waals surface area contributed by atoms with E-state index in [0.717, 1.165) is 5.56 Å². The Hall–Kier alpha value is -2.12. The highest BCUT2D eigenvalue weighted by atomic mass is 16.3. The topological polar surface area (TPSA) is 61.8 Å². The van der Waals surface area contributed by atoms with Crippen molar-refractivity contribution in [3.63, 3.8) is 0 Å². The molecular formula is C12H11N3O. The van der Waals surface area contributed by atoms with Crippen LogP contribution >= 0.6 is 0 Å². The summed E-state index contributed by atoms with van der Waals surface area (Å²) < 4.78 is 1.64. The third kappa shape index (κ3) is 2.10. The van der Waals surface area contributed by atoms with Crippen LogP contribution in [0.3, 0.4) is 0 Å². The van der Waals surface area contributed by atoms with Gasteiger partial charge in [-0.1, -0.05) is 30.3 Å². The summed E-state index contributed by atoms with van der Waals surface area (Å²) >= 11 is 0. The number of hydrogen-bond donors (Lipinski definition) is 1. The predicted molar refractivity (Wildman–Crippen MR) is 58.3 cm³/mol. The van der Waals surface area contributed by atoms with E-state index in [1.54, 1.807) is 17.0 Å². The normalized spacial score (nSPS) is 12.0. The van der Waals surface area contributed by atoms with Crippen LogP contribution in [0.5, 0.6) is 0 Å². The molecule has 0 saturated carbocycles. The van der Waals surface area contributed by atoms with Gasteiger partial charge in [0.1, 0.15) is 6.07 Å². The maximum atomic E-state index is 9.95. The number of benzene rings is 1. The lowest BCUT2D eigenvalue weighted by atomic mass is 10.1. The Balaban J connectivity index is 2.15. The Morgan fingerprint density at radius 1 is 1.38 bits per heavy atom. The summed E-state index contributed by atoms with van der Waals surface area (Å²) in [7, 11) is 0. The first-order valence-electron chi connectivity index (χ1n) is 4.95. The van der Waals surface area contributed by atoms with Crippen LogP contribution < -0.4 is 0 Å². The van der Waals surface area contributed by atoms with Crippen LogP contribution in [-0.2, 0) is 6.54 Å². The number of aromatic nitrogens is 2. The van der Waals surface area contributed by atoms with Crippen molar-refractivity contribution in [2.45, 2.75) is 12.6 Å². The fourth-order valence-electron chi connectivity index (χ4n) is 1.54. The van der Waals surface area contributed by atoms with E-state index in [4.69, 9.17) is 5.26 Å². The zero-order chi connectivity index (χ0) is 11.4. The zero-order valence-electron chi connectivity index (χ0n) is 8.61. The van der Waals surface area contributed by atoms with Crippen molar-refractivity contribution in [1.82, 2.24) is 9.55 Å². The lowest BCUT2D eigenvalue weighted by Gasteiger charge is -2.11. The Morgan fingerprint density at radius 2 is 2.12 bits per heavy atom. The molecule has 1 heterocycles. The second kappa shape index (κ2) is 4.60. The molecule has 0 saturated heterocycles. The minimum absolute atomic E-state index is 0.315. The predicted octanol–water partition coefficient (Wildman–Crippen LogP) is 1.49. The van der Waals surface area contributed by atoms with E-state index in [1.165, 1.54) is 0 Å². The number of rotatable bonds is 3. The highest BCUT2D eigenvalue weighted by Gasteiger charge is 2.10. The van der Waals surface area contributed by atoms with Crippen LogP contribution in [0.15, 0.2) is 42.7 Å². The van der Waals surface area contributed by atoms with Gasteiger partial charge in [-0.3, -0.25) is 0 Å². The average Bonchev–Trinajstić information content (AvgIpc) is 2.77. The zero-order valence-corrected chi connectivity index (χ0v) is 8.61. The Morgan fingerprint density at radius 3 is 2.81 bits per heavy atom. The van der Waals surface area contributed by atoms with E-state index in [2.05, 4.69) is 4.98 Å². The SMILES string of the molecule is N#Cc1nccn1CC(O)c1ccccc1. The summed E-state index contributed by atoms with van der Waals surface area (Å²) in [6.07, 6.45) is 2.61. The van der Waals surface area contributed by atoms with Crippen molar-refractivity contribution in [2.75, 3.05) is 0 Å². The molecular weight excluding hydrogens is 202 g/mol. The highest BCUT2D eigenvalue weighted by Crippen LogP contribution is 2.14. The first-order valence-corrected chi connectivity index (χ1v) is 4.95. The summed E-state index contributed by atoms with van der Waals surface area (Å²) in [4.78, 5) is 3.87. The molecule has 1 aromatic carbocycles. The molecule has 0 aliphatic heterocycles. The monoisotopic (exact) mass is 213 g/mol. The molecule has 1 atom stereocenters. The summed E-state index contributed by atoms with van der Waals surface area (Å²) in [5.74, 6) is 0.315. The number of nitrogens with zero attached hydrogens (tertiary/aromatic N) is 3. The Kier molecular flexibility index (Phi) is 2.99. The van der Waals surface area contributed by atoms with Gasteiger partial charge in [0.05, 0.1) is 12.6 Å². The van der Waals surface area contributed by atoms with E-state index in [0.29, 0.717) is 12.4 Å². The van der Waals surface area contributed by atoms with Crippen molar-refractivity contribution in [3.8, 4) is 6.07 Å². The molecule has 1 unspecified atom stereocenters. The second-order valence-corrected chi connectivity index (χ2v) is 3.44. The largest absolute Gasteiger partial charge is 0.387 e. The van der Waals surface area contributed by atoms with Crippen molar-refractivity contribution in [2.24, 2.45) is 0 Å². The second-order valence-electron chi connectivity index (χ2n) is 3.44. The van der Waals surface area contributed by atoms with E-state index < -0.39 is 6.10 Å². The number of aliphatic hydroxyl groups is 1. The van der Waals surface area contributed by atoms with Gasteiger partial charge >= 0.3 is 0 Å². The number of hydrogen-bond acceptors (Lipinski definition) is 3. The number of imidazole rings is 1. The summed E-state index contributed by atoms with van der Waals surface area (Å²) in [5, 5.41) is 18.7. The maximum Gasteiger partial charge on any atom is 0.212 e. The minimum Gasteiger partial charge on any atom is -0.387 e. The fourth-order valence-corrected chi connectivity index (χ4v) is 1.54. The molecule has 0 fully saturated rings. The van der Waals surface area contributed by atoms with Gasteiger partial charge in [0.15, 0.2) is 0 Å². The van der Waals surface area contributed by atoms with Crippen LogP contribution in [-0.4, -0.2) is 14.7 Å². The van der Waals surface area contributed by atoms with Gasteiger partial charge in [-0.2, -0.15) is 5.26 Å². The van der Waals surface area contributed by atoms with Crippen LogP contribution in [0.2, 0.25) is 0 Å². The van der Waals surface area contributed by atoms with E-state index >= 15 is 0 Å². The molecule has 0 aliphatic rings. The van der Waals surface area contributed by atoms with Gasteiger partial charge in [0.2, 0.25) is 5.82 Å². The molecule has 4 heteroatoms. The molecule has 0 bridgehead atoms. The average molecular weight is 213 g/mol.